The number of ether oxygens (including phenoxy) is 1. The Labute approximate surface area is 187 Å². The Bertz CT molecular complexity index is 1070. The molecule has 2 aromatic heterocycles. The zero-order chi connectivity index (χ0) is 22.7. The number of hydrogen-bond donors (Lipinski definition) is 3. The van der Waals surface area contributed by atoms with Gasteiger partial charge in [-0.2, -0.15) is 5.10 Å². The summed E-state index contributed by atoms with van der Waals surface area (Å²) in [5.74, 6) is 0.138. The van der Waals surface area contributed by atoms with E-state index in [9.17, 15) is 18.7 Å². The second-order valence-corrected chi connectivity index (χ2v) is 7.75. The summed E-state index contributed by atoms with van der Waals surface area (Å²) < 4.78 is 29.7. The number of H-pyrrole nitrogens is 1. The molecule has 0 bridgehead atoms. The van der Waals surface area contributed by atoms with Crippen molar-refractivity contribution in [1.82, 2.24) is 15.2 Å². The number of rotatable bonds is 6. The number of carbonyl (C=O) groups is 1. The number of hydrogen-bond acceptors (Lipinski definition) is 6. The van der Waals surface area contributed by atoms with Gasteiger partial charge in [0.2, 0.25) is 0 Å². The summed E-state index contributed by atoms with van der Waals surface area (Å²) in [6, 6.07) is 8.88. The van der Waals surface area contributed by atoms with E-state index >= 15 is 0 Å². The minimum atomic E-state index is -3.81. The average Bonchev–Trinajstić information content (AvgIpc) is 3.29. The molecule has 8 nitrogen and oxygen atoms in total. The van der Waals surface area contributed by atoms with E-state index in [0.717, 1.165) is 0 Å². The molecule has 32 heavy (non-hydrogen) atoms. The van der Waals surface area contributed by atoms with Crippen LogP contribution in [0.3, 0.4) is 0 Å². The molecule has 11 heteroatoms. The Hall–Kier alpha value is -3.24. The number of nitrogens with zero attached hydrogens (tertiary/aromatic N) is 3. The number of aliphatic hydroxyl groups is 1. The summed E-state index contributed by atoms with van der Waals surface area (Å²) >= 11 is 4.75. The van der Waals surface area contributed by atoms with Crippen molar-refractivity contribution in [1.29, 1.82) is 0 Å². The fourth-order valence-electron chi connectivity index (χ4n) is 3.46. The van der Waals surface area contributed by atoms with Gasteiger partial charge in [0.1, 0.15) is 11.6 Å². The van der Waals surface area contributed by atoms with Gasteiger partial charge in [0.05, 0.1) is 17.4 Å². The third-order valence-electron chi connectivity index (χ3n) is 5.03. The maximum atomic E-state index is 12.8. The van der Waals surface area contributed by atoms with E-state index in [1.54, 1.807) is 18.3 Å². The first kappa shape index (κ1) is 22.0. The zero-order valence-corrected chi connectivity index (χ0v) is 17.5. The molecule has 0 aliphatic carbocycles. The van der Waals surface area contributed by atoms with Crippen molar-refractivity contribution in [2.45, 2.75) is 24.5 Å². The molecule has 3 aromatic rings. The first-order valence-corrected chi connectivity index (χ1v) is 10.3. The van der Waals surface area contributed by atoms with Gasteiger partial charge in [-0.25, -0.2) is 4.98 Å². The molecule has 1 amide bonds. The third-order valence-corrected chi connectivity index (χ3v) is 5.11. The number of pyridine rings is 1. The average molecular weight is 464 g/mol. The van der Waals surface area contributed by atoms with E-state index in [1.807, 2.05) is 0 Å². The quantitative estimate of drug-likeness (QED) is 0.480. The number of aromatic nitrogens is 3. The number of amides is 1. The highest BCUT2D eigenvalue weighted by molar-refractivity contribution is 6.20. The van der Waals surface area contributed by atoms with Gasteiger partial charge < -0.3 is 20.1 Å². The first-order chi connectivity index (χ1) is 15.3. The summed E-state index contributed by atoms with van der Waals surface area (Å²) in [6.07, 6.45) is 4.05. The number of piperidine rings is 1. The molecule has 1 aromatic carbocycles. The number of nitrogens with one attached hydrogen (secondary N) is 2. The van der Waals surface area contributed by atoms with E-state index in [1.165, 1.54) is 30.5 Å². The molecule has 0 saturated carbocycles. The molecule has 0 unspecified atom stereocenters. The molecule has 1 saturated heterocycles. The van der Waals surface area contributed by atoms with E-state index < -0.39 is 11.5 Å². The number of benzene rings is 1. The molecule has 0 radical (unpaired) electrons. The standard InChI is InChI=1S/C21H20ClF2N5O3/c22-21(23,24)32-16-3-1-14(2-4-16)27-20(31)13-11-17(18-5-8-26-28-18)19(25-12-13)29-9-6-15(30)7-10-29/h1-5,8,11-12,15,30H,6-7,9-10H2,(H,26,28)(H,27,31). The molecule has 1 aliphatic heterocycles. The number of aliphatic hydroxyl groups excluding tert-OH is 1. The van der Waals surface area contributed by atoms with Crippen LogP contribution in [0.1, 0.15) is 23.2 Å². The Balaban J connectivity index is 1.54. The van der Waals surface area contributed by atoms with Crippen molar-refractivity contribution in [3.8, 4) is 17.0 Å². The fraction of sp³-hybridized carbons (Fsp3) is 0.286. The number of anilines is 2. The third kappa shape index (κ3) is 5.32. The lowest BCUT2D eigenvalue weighted by Crippen LogP contribution is -2.36. The van der Waals surface area contributed by atoms with Gasteiger partial charge in [-0.1, -0.05) is 0 Å². The molecule has 0 atom stereocenters. The van der Waals surface area contributed by atoms with Crippen molar-refractivity contribution < 1.29 is 23.4 Å². The van der Waals surface area contributed by atoms with Crippen molar-refractivity contribution >= 4 is 29.0 Å². The molecule has 1 aliphatic rings. The maximum absolute atomic E-state index is 12.8. The predicted octanol–water partition coefficient (Wildman–Crippen LogP) is 3.85. The smallest absolute Gasteiger partial charge is 0.420 e. The number of alkyl halides is 3. The van der Waals surface area contributed by atoms with Gasteiger partial charge in [0, 0.05) is 48.3 Å². The van der Waals surface area contributed by atoms with Crippen molar-refractivity contribution in [2.24, 2.45) is 0 Å². The summed E-state index contributed by atoms with van der Waals surface area (Å²) in [4.78, 5) is 19.4. The Morgan fingerprint density at radius 1 is 1.25 bits per heavy atom. The normalized spacial score (nSPS) is 14.9. The summed E-state index contributed by atoms with van der Waals surface area (Å²) in [6.45, 7) is 1.30. The van der Waals surface area contributed by atoms with E-state index in [0.29, 0.717) is 54.3 Å². The highest BCUT2D eigenvalue weighted by atomic mass is 35.5. The largest absolute Gasteiger partial charge is 0.487 e. The van der Waals surface area contributed by atoms with Crippen LogP contribution in [-0.4, -0.2) is 51.0 Å². The van der Waals surface area contributed by atoms with Crippen LogP contribution >= 0.6 is 11.6 Å². The molecular formula is C21H20ClF2N5O3. The Morgan fingerprint density at radius 2 is 1.97 bits per heavy atom. The molecule has 3 N–H and O–H groups in total. The molecule has 0 spiro atoms. The van der Waals surface area contributed by atoms with Gasteiger partial charge in [-0.05, 0) is 49.2 Å². The highest BCUT2D eigenvalue weighted by Gasteiger charge is 2.27. The second-order valence-electron chi connectivity index (χ2n) is 7.31. The minimum absolute atomic E-state index is 0.137. The van der Waals surface area contributed by atoms with Crippen molar-refractivity contribution in [3.05, 3.63) is 54.4 Å². The van der Waals surface area contributed by atoms with E-state index in [4.69, 9.17) is 11.6 Å². The lowest BCUT2D eigenvalue weighted by atomic mass is 10.1. The summed E-state index contributed by atoms with van der Waals surface area (Å²) in [5, 5.41) is 19.4. The molecular weight excluding hydrogens is 444 g/mol. The SMILES string of the molecule is O=C(Nc1ccc(OC(F)(F)Cl)cc1)c1cnc(N2CCC(O)CC2)c(-c2ccn[nH]2)c1. The lowest BCUT2D eigenvalue weighted by Gasteiger charge is -2.31. The zero-order valence-electron chi connectivity index (χ0n) is 16.8. The van der Waals surface area contributed by atoms with Crippen LogP contribution in [0.2, 0.25) is 0 Å². The lowest BCUT2D eigenvalue weighted by molar-refractivity contribution is -0.0964. The number of carbonyl (C=O) groups excluding carboxylic acids is 1. The van der Waals surface area contributed by atoms with Crippen LogP contribution < -0.4 is 15.0 Å². The number of halogens is 3. The summed E-state index contributed by atoms with van der Waals surface area (Å²) in [5.41, 5.74) is -1.70. The van der Waals surface area contributed by atoms with E-state index in [2.05, 4.69) is 30.1 Å². The van der Waals surface area contributed by atoms with Crippen LogP contribution in [0.15, 0.2) is 48.8 Å². The first-order valence-electron chi connectivity index (χ1n) is 9.88. The Kier molecular flexibility index (Phi) is 6.24. The van der Waals surface area contributed by atoms with Gasteiger partial charge in [-0.15, -0.1) is 8.78 Å². The van der Waals surface area contributed by atoms with E-state index in [-0.39, 0.29) is 11.9 Å². The van der Waals surface area contributed by atoms with Gasteiger partial charge in [0.15, 0.2) is 0 Å². The highest BCUT2D eigenvalue weighted by Crippen LogP contribution is 2.31. The Morgan fingerprint density at radius 3 is 2.59 bits per heavy atom. The monoisotopic (exact) mass is 463 g/mol. The van der Waals surface area contributed by atoms with Gasteiger partial charge >= 0.3 is 5.57 Å². The minimum Gasteiger partial charge on any atom is -0.420 e. The number of aromatic amines is 1. The van der Waals surface area contributed by atoms with Crippen molar-refractivity contribution in [2.75, 3.05) is 23.3 Å². The van der Waals surface area contributed by atoms with Gasteiger partial charge in [-0.3, -0.25) is 9.89 Å². The second kappa shape index (κ2) is 9.09. The van der Waals surface area contributed by atoms with Crippen LogP contribution in [0.5, 0.6) is 5.75 Å². The molecule has 168 valence electrons. The maximum Gasteiger partial charge on any atom is 0.487 e. The van der Waals surface area contributed by atoms with Crippen molar-refractivity contribution in [3.63, 3.8) is 0 Å². The molecule has 4 rings (SSSR count). The summed E-state index contributed by atoms with van der Waals surface area (Å²) in [7, 11) is 0. The molecule has 1 fully saturated rings. The van der Waals surface area contributed by atoms with Crippen LogP contribution in [-0.2, 0) is 0 Å². The fourth-order valence-corrected chi connectivity index (χ4v) is 3.55. The van der Waals surface area contributed by atoms with Crippen LogP contribution in [0, 0.1) is 0 Å². The predicted molar refractivity (Wildman–Crippen MR) is 115 cm³/mol. The van der Waals surface area contributed by atoms with Crippen LogP contribution in [0.25, 0.3) is 11.3 Å². The molecule has 3 heterocycles. The van der Waals surface area contributed by atoms with Crippen LogP contribution in [0.4, 0.5) is 20.3 Å². The topological polar surface area (TPSA) is 103 Å². The van der Waals surface area contributed by atoms with Gasteiger partial charge in [0.25, 0.3) is 5.91 Å².